The van der Waals surface area contributed by atoms with Crippen molar-refractivity contribution >= 4 is 22.4 Å². The summed E-state index contributed by atoms with van der Waals surface area (Å²) in [6.07, 6.45) is 4.67. The van der Waals surface area contributed by atoms with E-state index in [4.69, 9.17) is 0 Å². The summed E-state index contributed by atoms with van der Waals surface area (Å²) in [6, 6.07) is 4.28. The van der Waals surface area contributed by atoms with E-state index >= 15 is 0 Å². The lowest BCUT2D eigenvalue weighted by molar-refractivity contribution is 0.591. The van der Waals surface area contributed by atoms with Crippen molar-refractivity contribution in [3.8, 4) is 10.7 Å². The predicted octanol–water partition coefficient (Wildman–Crippen LogP) is 4.45. The molecule has 0 fully saturated rings. The second-order valence-corrected chi connectivity index (χ2v) is 6.27. The predicted molar refractivity (Wildman–Crippen MR) is 76.0 cm³/mol. The summed E-state index contributed by atoms with van der Waals surface area (Å²) < 4.78 is 26.9. The van der Waals surface area contributed by atoms with Crippen LogP contribution in [0.25, 0.3) is 21.7 Å². The van der Waals surface area contributed by atoms with E-state index in [1.807, 2.05) is 0 Å². The van der Waals surface area contributed by atoms with Crippen LogP contribution in [0.15, 0.2) is 18.2 Å². The molecule has 3 aromatic rings. The molecule has 102 valence electrons. The highest BCUT2D eigenvalue weighted by atomic mass is 32.1. The van der Waals surface area contributed by atoms with Gasteiger partial charge in [0.1, 0.15) is 17.2 Å². The van der Waals surface area contributed by atoms with Crippen LogP contribution in [0.4, 0.5) is 8.78 Å². The van der Waals surface area contributed by atoms with Crippen LogP contribution in [0, 0.1) is 11.6 Å². The van der Waals surface area contributed by atoms with Crippen LogP contribution in [0.2, 0.25) is 0 Å². The van der Waals surface area contributed by atoms with Crippen LogP contribution in [-0.4, -0.2) is 9.97 Å². The third-order valence-electron chi connectivity index (χ3n) is 3.73. The van der Waals surface area contributed by atoms with Crippen molar-refractivity contribution in [3.63, 3.8) is 0 Å². The lowest BCUT2D eigenvalue weighted by Crippen LogP contribution is -1.96. The highest BCUT2D eigenvalue weighted by Gasteiger charge is 2.17. The first-order chi connectivity index (χ1) is 9.70. The van der Waals surface area contributed by atoms with E-state index in [0.29, 0.717) is 11.3 Å². The summed E-state index contributed by atoms with van der Waals surface area (Å²) in [7, 11) is 0. The minimum absolute atomic E-state index is 0.202. The fourth-order valence-corrected chi connectivity index (χ4v) is 3.96. The quantitative estimate of drug-likeness (QED) is 0.705. The van der Waals surface area contributed by atoms with Gasteiger partial charge >= 0.3 is 0 Å². The maximum absolute atomic E-state index is 13.7. The lowest BCUT2D eigenvalue weighted by atomic mass is 9.99. The van der Waals surface area contributed by atoms with Crippen LogP contribution in [0.1, 0.15) is 23.3 Å². The van der Waals surface area contributed by atoms with Gasteiger partial charge in [-0.25, -0.2) is 13.8 Å². The van der Waals surface area contributed by atoms with Crippen LogP contribution < -0.4 is 0 Å². The first-order valence-corrected chi connectivity index (χ1v) is 7.49. The Labute approximate surface area is 118 Å². The second kappa shape index (κ2) is 4.38. The summed E-state index contributed by atoms with van der Waals surface area (Å²) in [5.41, 5.74) is 1.99. The highest BCUT2D eigenvalue weighted by molar-refractivity contribution is 7.15. The molecule has 1 aliphatic carbocycles. The first kappa shape index (κ1) is 12.0. The monoisotopic (exact) mass is 290 g/mol. The van der Waals surface area contributed by atoms with Gasteiger partial charge in [-0.2, -0.15) is 0 Å². The maximum Gasteiger partial charge on any atom is 0.153 e. The number of nitrogens with one attached hydrogen (secondary N) is 1. The Kier molecular flexibility index (Phi) is 2.63. The fraction of sp³-hybridized carbons (Fsp3) is 0.267. The molecule has 1 aliphatic rings. The minimum Gasteiger partial charge on any atom is -0.337 e. The molecule has 0 aliphatic heterocycles. The van der Waals surface area contributed by atoms with E-state index in [0.717, 1.165) is 23.8 Å². The Bertz CT molecular complexity index is 780. The molecule has 20 heavy (non-hydrogen) atoms. The number of aromatic amines is 1. The van der Waals surface area contributed by atoms with Gasteiger partial charge in [-0.1, -0.05) is 0 Å². The van der Waals surface area contributed by atoms with E-state index in [2.05, 4.69) is 16.0 Å². The number of H-pyrrole nitrogens is 1. The number of thiophene rings is 1. The standard InChI is InChI=1S/C15H12F2N2S/c16-9-6-10(17)14-11(7-9)18-15(19-14)13-5-8-3-1-2-4-12(8)20-13/h5-7H,1-4H2,(H,18,19). The van der Waals surface area contributed by atoms with Crippen LogP contribution in [-0.2, 0) is 12.8 Å². The zero-order valence-corrected chi connectivity index (χ0v) is 11.5. The van der Waals surface area contributed by atoms with E-state index < -0.39 is 11.6 Å². The first-order valence-electron chi connectivity index (χ1n) is 6.67. The van der Waals surface area contributed by atoms with Gasteiger partial charge < -0.3 is 4.98 Å². The van der Waals surface area contributed by atoms with Crippen LogP contribution in [0.3, 0.4) is 0 Å². The topological polar surface area (TPSA) is 28.7 Å². The van der Waals surface area contributed by atoms with Gasteiger partial charge in [0.25, 0.3) is 0 Å². The van der Waals surface area contributed by atoms with Crippen molar-refractivity contribution < 1.29 is 8.78 Å². The second-order valence-electron chi connectivity index (χ2n) is 5.14. The maximum atomic E-state index is 13.7. The number of nitrogens with zero attached hydrogens (tertiary/aromatic N) is 1. The van der Waals surface area contributed by atoms with Gasteiger partial charge in [0.2, 0.25) is 0 Å². The summed E-state index contributed by atoms with van der Waals surface area (Å²) >= 11 is 1.70. The molecule has 4 rings (SSSR count). The lowest BCUT2D eigenvalue weighted by Gasteiger charge is -2.08. The highest BCUT2D eigenvalue weighted by Crippen LogP contribution is 2.35. The van der Waals surface area contributed by atoms with E-state index in [-0.39, 0.29) is 5.52 Å². The number of imidazole rings is 1. The third kappa shape index (κ3) is 1.85. The van der Waals surface area contributed by atoms with Crippen molar-refractivity contribution in [1.29, 1.82) is 0 Å². The van der Waals surface area contributed by atoms with Crippen molar-refractivity contribution in [2.75, 3.05) is 0 Å². The molecular formula is C15H12F2N2S. The number of benzene rings is 1. The van der Waals surface area contributed by atoms with Gasteiger partial charge in [0, 0.05) is 10.9 Å². The molecule has 0 saturated carbocycles. The molecule has 5 heteroatoms. The number of halogens is 2. The summed E-state index contributed by atoms with van der Waals surface area (Å²) in [5.74, 6) is -0.580. The smallest absolute Gasteiger partial charge is 0.153 e. The number of fused-ring (bicyclic) bond motifs is 2. The average molecular weight is 290 g/mol. The SMILES string of the molecule is Fc1cc(F)c2nc(-c3cc4c(s3)CCCC4)[nH]c2c1. The fourth-order valence-electron chi connectivity index (χ4n) is 2.77. The van der Waals surface area contributed by atoms with E-state index in [1.165, 1.54) is 29.3 Å². The Morgan fingerprint density at radius 3 is 2.80 bits per heavy atom. The Balaban J connectivity index is 1.85. The molecule has 1 N–H and O–H groups in total. The Morgan fingerprint density at radius 2 is 1.95 bits per heavy atom. The van der Waals surface area contributed by atoms with Crippen molar-refractivity contribution in [2.24, 2.45) is 0 Å². The Hall–Kier alpha value is -1.75. The van der Waals surface area contributed by atoms with E-state index in [9.17, 15) is 8.78 Å². The summed E-state index contributed by atoms with van der Waals surface area (Å²) in [4.78, 5) is 9.71. The molecular weight excluding hydrogens is 278 g/mol. The normalized spacial score (nSPS) is 14.7. The van der Waals surface area contributed by atoms with Crippen molar-refractivity contribution in [2.45, 2.75) is 25.7 Å². The van der Waals surface area contributed by atoms with Gasteiger partial charge in [0.15, 0.2) is 5.82 Å². The zero-order chi connectivity index (χ0) is 13.7. The van der Waals surface area contributed by atoms with Gasteiger partial charge in [0.05, 0.1) is 10.4 Å². The number of hydrogen-bond donors (Lipinski definition) is 1. The van der Waals surface area contributed by atoms with Crippen molar-refractivity contribution in [3.05, 3.63) is 40.3 Å². The number of aromatic nitrogens is 2. The Morgan fingerprint density at radius 1 is 1.10 bits per heavy atom. The largest absolute Gasteiger partial charge is 0.337 e. The molecule has 0 spiro atoms. The number of rotatable bonds is 1. The number of aryl methyl sites for hydroxylation is 2. The molecule has 0 amide bonds. The van der Waals surface area contributed by atoms with E-state index in [1.54, 1.807) is 11.3 Å². The molecule has 0 radical (unpaired) electrons. The van der Waals surface area contributed by atoms with Gasteiger partial charge in [-0.3, -0.25) is 0 Å². The molecule has 2 heterocycles. The minimum atomic E-state index is -0.621. The average Bonchev–Trinajstić information content (AvgIpc) is 3.01. The molecule has 0 saturated heterocycles. The molecule has 2 aromatic heterocycles. The molecule has 2 nitrogen and oxygen atoms in total. The van der Waals surface area contributed by atoms with Gasteiger partial charge in [-0.15, -0.1) is 11.3 Å². The summed E-state index contributed by atoms with van der Waals surface area (Å²) in [6.45, 7) is 0. The number of hydrogen-bond acceptors (Lipinski definition) is 2. The molecule has 0 bridgehead atoms. The van der Waals surface area contributed by atoms with Gasteiger partial charge in [-0.05, 0) is 43.4 Å². The van der Waals surface area contributed by atoms with Crippen LogP contribution >= 0.6 is 11.3 Å². The summed E-state index contributed by atoms with van der Waals surface area (Å²) in [5, 5.41) is 0. The molecule has 1 aromatic carbocycles. The molecule has 0 unspecified atom stereocenters. The third-order valence-corrected chi connectivity index (χ3v) is 4.98. The van der Waals surface area contributed by atoms with Crippen LogP contribution in [0.5, 0.6) is 0 Å². The van der Waals surface area contributed by atoms with Crippen molar-refractivity contribution in [1.82, 2.24) is 9.97 Å². The zero-order valence-electron chi connectivity index (χ0n) is 10.7. The molecule has 0 atom stereocenters.